The number of carboxylic acid groups (broad SMARTS) is 1. The molecular formula is C22H27N3O3. The first-order valence-electron chi connectivity index (χ1n) is 10.0. The first-order valence-corrected chi connectivity index (χ1v) is 10.0. The van der Waals surface area contributed by atoms with Crippen molar-refractivity contribution >= 4 is 11.8 Å². The Labute approximate surface area is 165 Å². The van der Waals surface area contributed by atoms with Crippen LogP contribution in [-0.2, 0) is 11.2 Å². The van der Waals surface area contributed by atoms with Crippen molar-refractivity contribution in [1.82, 2.24) is 9.97 Å². The summed E-state index contributed by atoms with van der Waals surface area (Å²) in [7, 11) is 1.66. The number of benzene rings is 1. The number of aryl methyl sites for hydroxylation is 1. The van der Waals surface area contributed by atoms with Crippen molar-refractivity contribution in [2.75, 3.05) is 25.1 Å². The molecular weight excluding hydrogens is 354 g/mol. The fraction of sp³-hybridized carbons (Fsp3) is 0.500. The van der Waals surface area contributed by atoms with Crippen molar-refractivity contribution in [2.45, 2.75) is 39.0 Å². The van der Waals surface area contributed by atoms with Gasteiger partial charge in [0, 0.05) is 30.3 Å². The van der Waals surface area contributed by atoms with E-state index in [-0.39, 0.29) is 11.3 Å². The number of methoxy groups -OCH3 is 1. The summed E-state index contributed by atoms with van der Waals surface area (Å²) in [6.07, 6.45) is 6.59. The predicted molar refractivity (Wildman–Crippen MR) is 108 cm³/mol. The van der Waals surface area contributed by atoms with Gasteiger partial charge in [-0.3, -0.25) is 9.78 Å². The molecule has 0 amide bonds. The highest BCUT2D eigenvalue weighted by molar-refractivity contribution is 5.75. The molecule has 4 rings (SSSR count). The van der Waals surface area contributed by atoms with Crippen LogP contribution >= 0.6 is 0 Å². The lowest BCUT2D eigenvalue weighted by Crippen LogP contribution is -2.63. The first kappa shape index (κ1) is 18.7. The van der Waals surface area contributed by atoms with Gasteiger partial charge in [-0.25, -0.2) is 4.98 Å². The highest BCUT2D eigenvalue weighted by atomic mass is 16.5. The number of anilines is 1. The summed E-state index contributed by atoms with van der Waals surface area (Å²) in [4.78, 5) is 23.1. The summed E-state index contributed by atoms with van der Waals surface area (Å²) in [5.41, 5.74) is 3.07. The van der Waals surface area contributed by atoms with Crippen molar-refractivity contribution in [3.63, 3.8) is 0 Å². The lowest BCUT2D eigenvalue weighted by molar-refractivity contribution is -0.151. The molecule has 1 saturated carbocycles. The molecule has 0 unspecified atom stereocenters. The number of rotatable bonds is 7. The van der Waals surface area contributed by atoms with Crippen molar-refractivity contribution in [2.24, 2.45) is 11.3 Å². The maximum Gasteiger partial charge on any atom is 0.306 e. The smallest absolute Gasteiger partial charge is 0.306 e. The van der Waals surface area contributed by atoms with Gasteiger partial charge in [0.1, 0.15) is 11.4 Å². The quantitative estimate of drug-likeness (QED) is 0.786. The molecule has 1 aromatic heterocycles. The Morgan fingerprint density at radius 1 is 1.29 bits per heavy atom. The summed E-state index contributed by atoms with van der Waals surface area (Å²) in [6, 6.07) is 7.90. The standard InChI is InChI=1S/C22H27N3O3/c1-3-4-5-17-12-23-19(15-6-8-18(28-2)9-7-15)20(24-17)25-13-22(14-25)10-16(11-22)21(26)27/h6-9,12,16H,3-5,10-11,13-14H2,1-2H3,(H,26,27). The van der Waals surface area contributed by atoms with Gasteiger partial charge in [0.2, 0.25) is 0 Å². The first-order chi connectivity index (χ1) is 13.5. The largest absolute Gasteiger partial charge is 0.497 e. The molecule has 2 aromatic rings. The number of carboxylic acids is 1. The Morgan fingerprint density at radius 2 is 2.00 bits per heavy atom. The third-order valence-electron chi connectivity index (χ3n) is 6.01. The fourth-order valence-corrected chi connectivity index (χ4v) is 4.40. The molecule has 0 atom stereocenters. The molecule has 0 radical (unpaired) electrons. The lowest BCUT2D eigenvalue weighted by Gasteiger charge is -2.58. The molecule has 6 nitrogen and oxygen atoms in total. The van der Waals surface area contributed by atoms with Crippen LogP contribution in [-0.4, -0.2) is 41.2 Å². The van der Waals surface area contributed by atoms with E-state index in [4.69, 9.17) is 14.7 Å². The van der Waals surface area contributed by atoms with E-state index in [9.17, 15) is 9.90 Å². The van der Waals surface area contributed by atoms with Crippen LogP contribution in [0.5, 0.6) is 5.75 Å². The number of carbonyl (C=O) groups is 1. The minimum Gasteiger partial charge on any atom is -0.497 e. The van der Waals surface area contributed by atoms with E-state index in [0.29, 0.717) is 0 Å². The Kier molecular flexibility index (Phi) is 4.96. The van der Waals surface area contributed by atoms with E-state index >= 15 is 0 Å². The zero-order chi connectivity index (χ0) is 19.7. The average molecular weight is 381 g/mol. The molecule has 1 spiro atoms. The van der Waals surface area contributed by atoms with Gasteiger partial charge in [-0.2, -0.15) is 0 Å². The molecule has 6 heteroatoms. The third kappa shape index (κ3) is 3.43. The fourth-order valence-electron chi connectivity index (χ4n) is 4.40. The lowest BCUT2D eigenvalue weighted by atomic mass is 9.57. The van der Waals surface area contributed by atoms with Gasteiger partial charge in [-0.1, -0.05) is 13.3 Å². The Balaban J connectivity index is 1.57. The van der Waals surface area contributed by atoms with E-state index in [1.807, 2.05) is 30.5 Å². The van der Waals surface area contributed by atoms with Gasteiger partial charge >= 0.3 is 5.97 Å². The summed E-state index contributed by atoms with van der Waals surface area (Å²) in [5.74, 6) is 0.896. The number of hydrogen-bond acceptors (Lipinski definition) is 5. The highest BCUT2D eigenvalue weighted by Crippen LogP contribution is 2.53. The third-order valence-corrected chi connectivity index (χ3v) is 6.01. The van der Waals surface area contributed by atoms with E-state index in [1.54, 1.807) is 7.11 Å². The van der Waals surface area contributed by atoms with Crippen LogP contribution in [0.1, 0.15) is 38.3 Å². The number of aliphatic carboxylic acids is 1. The molecule has 2 aliphatic rings. The normalized spacial score (nSPS) is 17.9. The number of ether oxygens (including phenoxy) is 1. The number of unbranched alkanes of at least 4 members (excludes halogenated alkanes) is 1. The molecule has 1 N–H and O–H groups in total. The molecule has 1 aliphatic heterocycles. The van der Waals surface area contributed by atoms with Gasteiger partial charge in [-0.15, -0.1) is 0 Å². The molecule has 2 fully saturated rings. The minimum absolute atomic E-state index is 0.154. The molecule has 1 aliphatic carbocycles. The molecule has 148 valence electrons. The Bertz CT molecular complexity index is 852. The number of nitrogens with zero attached hydrogens (tertiary/aromatic N) is 3. The second-order valence-corrected chi connectivity index (χ2v) is 8.17. The molecule has 1 saturated heterocycles. The zero-order valence-corrected chi connectivity index (χ0v) is 16.5. The molecule has 1 aromatic carbocycles. The van der Waals surface area contributed by atoms with Gasteiger partial charge in [-0.05, 0) is 49.9 Å². The highest BCUT2D eigenvalue weighted by Gasteiger charge is 2.55. The van der Waals surface area contributed by atoms with Gasteiger partial charge in [0.15, 0.2) is 5.82 Å². The summed E-state index contributed by atoms with van der Waals surface area (Å²) in [5, 5.41) is 9.18. The van der Waals surface area contributed by atoms with Crippen LogP contribution in [0.15, 0.2) is 30.5 Å². The van der Waals surface area contributed by atoms with Gasteiger partial charge in [0.05, 0.1) is 18.7 Å². The summed E-state index contributed by atoms with van der Waals surface area (Å²) in [6.45, 7) is 3.91. The summed E-state index contributed by atoms with van der Waals surface area (Å²) >= 11 is 0. The maximum atomic E-state index is 11.2. The molecule has 28 heavy (non-hydrogen) atoms. The monoisotopic (exact) mass is 381 g/mol. The minimum atomic E-state index is -0.663. The summed E-state index contributed by atoms with van der Waals surface area (Å²) < 4.78 is 5.26. The Hall–Kier alpha value is -2.63. The van der Waals surface area contributed by atoms with Crippen molar-refractivity contribution < 1.29 is 14.6 Å². The second-order valence-electron chi connectivity index (χ2n) is 8.17. The van der Waals surface area contributed by atoms with Crippen LogP contribution in [0.3, 0.4) is 0 Å². The number of hydrogen-bond donors (Lipinski definition) is 1. The maximum absolute atomic E-state index is 11.2. The second kappa shape index (κ2) is 7.41. The molecule has 0 bridgehead atoms. The zero-order valence-electron chi connectivity index (χ0n) is 16.5. The topological polar surface area (TPSA) is 75.5 Å². The van der Waals surface area contributed by atoms with E-state index in [1.165, 1.54) is 0 Å². The van der Waals surface area contributed by atoms with E-state index in [2.05, 4.69) is 11.8 Å². The van der Waals surface area contributed by atoms with Gasteiger partial charge < -0.3 is 14.7 Å². The van der Waals surface area contributed by atoms with Crippen LogP contribution in [0.4, 0.5) is 5.82 Å². The Morgan fingerprint density at radius 3 is 2.61 bits per heavy atom. The SMILES string of the molecule is CCCCc1cnc(-c2ccc(OC)cc2)c(N2CC3(CC(C(=O)O)C3)C2)n1. The molecule has 2 heterocycles. The van der Waals surface area contributed by atoms with E-state index < -0.39 is 5.97 Å². The number of aromatic nitrogens is 2. The van der Waals surface area contributed by atoms with Crippen molar-refractivity contribution in [3.05, 3.63) is 36.2 Å². The van der Waals surface area contributed by atoms with Crippen molar-refractivity contribution in [3.8, 4) is 17.0 Å². The van der Waals surface area contributed by atoms with Crippen LogP contribution in [0.2, 0.25) is 0 Å². The average Bonchev–Trinajstić information content (AvgIpc) is 2.64. The van der Waals surface area contributed by atoms with Crippen molar-refractivity contribution in [1.29, 1.82) is 0 Å². The van der Waals surface area contributed by atoms with Crippen LogP contribution in [0, 0.1) is 11.3 Å². The van der Waals surface area contributed by atoms with E-state index in [0.717, 1.165) is 73.7 Å². The van der Waals surface area contributed by atoms with Gasteiger partial charge in [0.25, 0.3) is 0 Å². The van der Waals surface area contributed by atoms with Crippen LogP contribution in [0.25, 0.3) is 11.3 Å². The predicted octanol–water partition coefficient (Wildman–Crippen LogP) is 3.80. The van der Waals surface area contributed by atoms with Crippen LogP contribution < -0.4 is 9.64 Å².